The van der Waals surface area contributed by atoms with Crippen molar-refractivity contribution in [3.05, 3.63) is 60.9 Å². The van der Waals surface area contributed by atoms with Gasteiger partial charge in [-0.3, -0.25) is 0 Å². The molecular weight excluding hydrogens is 432 g/mol. The van der Waals surface area contributed by atoms with Crippen LogP contribution in [0.1, 0.15) is 52.4 Å². The van der Waals surface area contributed by atoms with Gasteiger partial charge >= 0.3 is 0 Å². The van der Waals surface area contributed by atoms with E-state index in [1.54, 1.807) is 0 Å². The second-order valence-electron chi connectivity index (χ2n) is 8.73. The van der Waals surface area contributed by atoms with Gasteiger partial charge in [0.2, 0.25) is 0 Å². The number of anilines is 1. The van der Waals surface area contributed by atoms with Crippen LogP contribution < -0.4 is 9.47 Å². The molecule has 0 atom stereocenters. The van der Waals surface area contributed by atoms with Gasteiger partial charge in [0.15, 0.2) is 12.4 Å². The summed E-state index contributed by atoms with van der Waals surface area (Å²) in [5.74, 6) is -0.292. The van der Waals surface area contributed by atoms with Gasteiger partial charge in [0.05, 0.1) is 10.1 Å². The van der Waals surface area contributed by atoms with E-state index in [1.165, 1.54) is 47.7 Å². The summed E-state index contributed by atoms with van der Waals surface area (Å²) in [5, 5.41) is 2.49. The maximum absolute atomic E-state index is 10.7. The van der Waals surface area contributed by atoms with Crippen molar-refractivity contribution < 1.29 is 17.5 Å². The molecule has 0 aliphatic heterocycles. The number of rotatable bonds is 13. The van der Waals surface area contributed by atoms with E-state index in [9.17, 15) is 13.0 Å². The van der Waals surface area contributed by atoms with Gasteiger partial charge < -0.3 is 9.45 Å². The van der Waals surface area contributed by atoms with Gasteiger partial charge in [-0.1, -0.05) is 44.9 Å². The zero-order valence-corrected chi connectivity index (χ0v) is 20.7. The number of aromatic nitrogens is 1. The second-order valence-corrected chi connectivity index (χ2v) is 10.3. The molecule has 0 amide bonds. The number of aryl methyl sites for hydroxylation is 1. The smallest absolute Gasteiger partial charge is 0.169 e. The summed E-state index contributed by atoms with van der Waals surface area (Å²) in [4.78, 5) is 2.52. The Balaban J connectivity index is 1.69. The van der Waals surface area contributed by atoms with Gasteiger partial charge in [-0.25, -0.2) is 13.0 Å². The van der Waals surface area contributed by atoms with Crippen LogP contribution in [0.2, 0.25) is 0 Å². The number of unbranched alkanes of at least 4 members (excludes halogenated alkanes) is 3. The fourth-order valence-corrected chi connectivity index (χ4v) is 4.61. The molecule has 0 aliphatic rings. The zero-order chi connectivity index (χ0) is 23.7. The van der Waals surface area contributed by atoms with Crippen LogP contribution in [-0.4, -0.2) is 31.8 Å². The van der Waals surface area contributed by atoms with Crippen LogP contribution in [0.3, 0.4) is 0 Å². The highest BCUT2D eigenvalue weighted by atomic mass is 32.2. The van der Waals surface area contributed by atoms with Crippen LogP contribution in [0, 0.1) is 0 Å². The van der Waals surface area contributed by atoms with Crippen molar-refractivity contribution in [1.82, 2.24) is 0 Å². The maximum Gasteiger partial charge on any atom is 0.169 e. The molecule has 2 aromatic carbocycles. The van der Waals surface area contributed by atoms with Crippen molar-refractivity contribution in [2.24, 2.45) is 0 Å². The summed E-state index contributed by atoms with van der Waals surface area (Å²) < 4.78 is 34.1. The van der Waals surface area contributed by atoms with Gasteiger partial charge in [-0.05, 0) is 59.4 Å². The van der Waals surface area contributed by atoms with Crippen LogP contribution in [-0.2, 0) is 16.7 Å². The number of benzene rings is 2. The average Bonchev–Trinajstić information content (AvgIpc) is 2.81. The topological polar surface area (TPSA) is 64.3 Å². The molecule has 3 rings (SSSR count). The molecule has 6 heteroatoms. The van der Waals surface area contributed by atoms with Crippen LogP contribution in [0.4, 0.5) is 5.69 Å². The van der Waals surface area contributed by atoms with E-state index >= 15 is 0 Å². The molecule has 0 saturated heterocycles. The molecule has 0 N–H and O–H groups in total. The predicted octanol–water partition coefficient (Wildman–Crippen LogP) is 5.53. The summed E-state index contributed by atoms with van der Waals surface area (Å²) in [6, 6.07) is 17.6. The molecule has 1 heterocycles. The first-order chi connectivity index (χ1) is 15.9. The average molecular weight is 469 g/mol. The lowest BCUT2D eigenvalue weighted by atomic mass is 10.0. The molecule has 33 heavy (non-hydrogen) atoms. The molecular formula is C27H36N2O3S. The van der Waals surface area contributed by atoms with E-state index in [0.29, 0.717) is 19.4 Å². The molecule has 0 unspecified atom stereocenters. The minimum atomic E-state index is -4.12. The SMILES string of the molecule is CCCCN(CCCC)c1ccc2cc(-c3cc[n+](CCCCS(=O)(=O)[O-])cc3)ccc2c1. The summed E-state index contributed by atoms with van der Waals surface area (Å²) in [6.45, 7) is 7.40. The van der Waals surface area contributed by atoms with E-state index in [1.807, 2.05) is 17.0 Å². The number of fused-ring (bicyclic) bond motifs is 1. The summed E-state index contributed by atoms with van der Waals surface area (Å²) in [7, 11) is -4.12. The van der Waals surface area contributed by atoms with Crippen LogP contribution in [0.15, 0.2) is 60.9 Å². The first-order valence-electron chi connectivity index (χ1n) is 12.1. The van der Waals surface area contributed by atoms with Crippen molar-refractivity contribution in [3.63, 3.8) is 0 Å². The van der Waals surface area contributed by atoms with Crippen molar-refractivity contribution in [2.45, 2.75) is 58.9 Å². The standard InChI is InChI=1S/C27H36N2O3S/c1-3-5-16-29(17-6-4-2)27-12-11-25-21-24(9-10-26(25)22-27)23-13-18-28(19-14-23)15-7-8-20-33(30,31)32/h9-14,18-19,21-22H,3-8,15-17,20H2,1-2H3. The number of nitrogens with zero attached hydrogens (tertiary/aromatic N) is 2. The van der Waals surface area contributed by atoms with Crippen LogP contribution in [0.25, 0.3) is 21.9 Å². The largest absolute Gasteiger partial charge is 0.748 e. The van der Waals surface area contributed by atoms with Crippen LogP contribution >= 0.6 is 0 Å². The maximum atomic E-state index is 10.7. The number of pyridine rings is 1. The zero-order valence-electron chi connectivity index (χ0n) is 19.9. The van der Waals surface area contributed by atoms with E-state index in [4.69, 9.17) is 0 Å². The highest BCUT2D eigenvalue weighted by Gasteiger charge is 2.09. The fourth-order valence-electron chi connectivity index (χ4n) is 4.05. The molecule has 0 bridgehead atoms. The van der Waals surface area contributed by atoms with E-state index in [-0.39, 0.29) is 5.75 Å². The molecule has 0 saturated carbocycles. The third kappa shape index (κ3) is 7.83. The molecule has 0 spiro atoms. The first-order valence-corrected chi connectivity index (χ1v) is 13.7. The van der Waals surface area contributed by atoms with Crippen molar-refractivity contribution in [2.75, 3.05) is 23.7 Å². The molecule has 0 radical (unpaired) electrons. The lowest BCUT2D eigenvalue weighted by Gasteiger charge is -2.25. The molecule has 178 valence electrons. The molecule has 0 aliphatic carbocycles. The van der Waals surface area contributed by atoms with Gasteiger partial charge in [-0.2, -0.15) is 0 Å². The normalized spacial score (nSPS) is 11.7. The lowest BCUT2D eigenvalue weighted by molar-refractivity contribution is -0.697. The Morgan fingerprint density at radius 1 is 0.788 bits per heavy atom. The molecule has 3 aromatic rings. The first kappa shape index (κ1) is 25.2. The van der Waals surface area contributed by atoms with Crippen LogP contribution in [0.5, 0.6) is 0 Å². The number of hydrogen-bond donors (Lipinski definition) is 0. The quantitative estimate of drug-likeness (QED) is 0.188. The summed E-state index contributed by atoms with van der Waals surface area (Å²) >= 11 is 0. The molecule has 0 fully saturated rings. The Morgan fingerprint density at radius 3 is 2.06 bits per heavy atom. The van der Waals surface area contributed by atoms with Gasteiger partial charge in [0.1, 0.15) is 6.54 Å². The van der Waals surface area contributed by atoms with Crippen molar-refractivity contribution in [1.29, 1.82) is 0 Å². The minimum absolute atomic E-state index is 0.292. The Bertz CT molecular complexity index is 1120. The Hall–Kier alpha value is -2.44. The highest BCUT2D eigenvalue weighted by Crippen LogP contribution is 2.27. The summed E-state index contributed by atoms with van der Waals surface area (Å²) in [6.07, 6.45) is 9.91. The molecule has 5 nitrogen and oxygen atoms in total. The highest BCUT2D eigenvalue weighted by molar-refractivity contribution is 7.85. The third-order valence-electron chi connectivity index (χ3n) is 6.04. The fraction of sp³-hybridized carbons (Fsp3) is 0.444. The molecule has 1 aromatic heterocycles. The third-order valence-corrected chi connectivity index (χ3v) is 6.83. The van der Waals surface area contributed by atoms with Gasteiger partial charge in [-0.15, -0.1) is 0 Å². The lowest BCUT2D eigenvalue weighted by Crippen LogP contribution is -2.32. The Kier molecular flexibility index (Phi) is 9.27. The number of hydrogen-bond acceptors (Lipinski definition) is 4. The van der Waals surface area contributed by atoms with E-state index in [2.05, 4.69) is 67.3 Å². The van der Waals surface area contributed by atoms with Gasteiger partial charge in [0.25, 0.3) is 0 Å². The summed E-state index contributed by atoms with van der Waals surface area (Å²) in [5.41, 5.74) is 3.63. The second kappa shape index (κ2) is 12.1. The predicted molar refractivity (Wildman–Crippen MR) is 135 cm³/mol. The monoisotopic (exact) mass is 468 g/mol. The van der Waals surface area contributed by atoms with E-state index in [0.717, 1.165) is 18.7 Å². The minimum Gasteiger partial charge on any atom is -0.748 e. The van der Waals surface area contributed by atoms with Crippen molar-refractivity contribution >= 4 is 26.6 Å². The van der Waals surface area contributed by atoms with Crippen molar-refractivity contribution in [3.8, 4) is 11.1 Å². The Morgan fingerprint density at radius 2 is 1.42 bits per heavy atom. The Labute approximate surface area is 198 Å². The van der Waals surface area contributed by atoms with Gasteiger partial charge in [0, 0.05) is 43.1 Å². The van der Waals surface area contributed by atoms with E-state index < -0.39 is 10.1 Å².